The lowest BCUT2D eigenvalue weighted by molar-refractivity contribution is 0.391. The van der Waals surface area contributed by atoms with E-state index in [1.54, 1.807) is 14.2 Å². The maximum atomic E-state index is 5.35. The molecule has 0 atom stereocenters. The highest BCUT2D eigenvalue weighted by Crippen LogP contribution is 2.25. The highest BCUT2D eigenvalue weighted by Gasteiger charge is 2.06. The molecular weight excluding hydrogens is 212 g/mol. The van der Waals surface area contributed by atoms with E-state index in [2.05, 4.69) is 18.2 Å². The smallest absolute Gasteiger partial charge is 0.126 e. The van der Waals surface area contributed by atoms with Crippen LogP contribution in [0.3, 0.4) is 0 Å². The molecule has 0 spiro atoms. The van der Waals surface area contributed by atoms with Gasteiger partial charge in [0.05, 0.1) is 14.2 Å². The van der Waals surface area contributed by atoms with E-state index in [0.29, 0.717) is 0 Å². The molecule has 2 heteroatoms. The Morgan fingerprint density at radius 1 is 1.06 bits per heavy atom. The van der Waals surface area contributed by atoms with Gasteiger partial charge >= 0.3 is 0 Å². The van der Waals surface area contributed by atoms with Crippen LogP contribution in [0.5, 0.6) is 11.5 Å². The summed E-state index contributed by atoms with van der Waals surface area (Å²) in [5, 5.41) is 0. The van der Waals surface area contributed by atoms with E-state index in [1.165, 1.54) is 5.56 Å². The molecule has 0 saturated heterocycles. The van der Waals surface area contributed by atoms with Gasteiger partial charge in [0.1, 0.15) is 11.5 Å². The Bertz CT molecular complexity index is 478. The highest BCUT2D eigenvalue weighted by atomic mass is 16.5. The Morgan fingerprint density at radius 2 is 1.82 bits per heavy atom. The minimum Gasteiger partial charge on any atom is -0.497 e. The summed E-state index contributed by atoms with van der Waals surface area (Å²) in [6, 6.07) is 17.2. The average Bonchev–Trinajstić information content (AvgIpc) is 2.40. The van der Waals surface area contributed by atoms with Crippen molar-refractivity contribution in [1.29, 1.82) is 0 Å². The Labute approximate surface area is 102 Å². The summed E-state index contributed by atoms with van der Waals surface area (Å²) >= 11 is 0. The van der Waals surface area contributed by atoms with Gasteiger partial charge in [0, 0.05) is 18.1 Å². The van der Waals surface area contributed by atoms with E-state index < -0.39 is 0 Å². The van der Waals surface area contributed by atoms with Gasteiger partial charge in [-0.25, -0.2) is 0 Å². The summed E-state index contributed by atoms with van der Waals surface area (Å²) in [6.45, 7) is 0. The lowest BCUT2D eigenvalue weighted by Crippen LogP contribution is -1.95. The van der Waals surface area contributed by atoms with Crippen molar-refractivity contribution in [3.05, 3.63) is 59.7 Å². The number of rotatable bonds is 4. The van der Waals surface area contributed by atoms with Crippen molar-refractivity contribution >= 4 is 0 Å². The van der Waals surface area contributed by atoms with E-state index in [0.717, 1.165) is 23.5 Å². The number of benzene rings is 2. The summed E-state index contributed by atoms with van der Waals surface area (Å²) in [6.07, 6.45) is 0.813. The van der Waals surface area contributed by atoms with Crippen LogP contribution in [0, 0.1) is 6.07 Å². The molecule has 2 aromatic rings. The maximum absolute atomic E-state index is 5.35. The summed E-state index contributed by atoms with van der Waals surface area (Å²) in [5.74, 6) is 1.58. The Balaban J connectivity index is 2.26. The molecule has 0 aromatic heterocycles. The molecule has 2 aromatic carbocycles. The average molecular weight is 227 g/mol. The van der Waals surface area contributed by atoms with Crippen LogP contribution >= 0.6 is 0 Å². The molecule has 87 valence electrons. The van der Waals surface area contributed by atoms with Crippen molar-refractivity contribution in [3.63, 3.8) is 0 Å². The predicted molar refractivity (Wildman–Crippen MR) is 67.6 cm³/mol. The topological polar surface area (TPSA) is 18.5 Å². The summed E-state index contributed by atoms with van der Waals surface area (Å²) < 4.78 is 10.5. The van der Waals surface area contributed by atoms with Gasteiger partial charge in [-0.05, 0) is 17.7 Å². The zero-order valence-electron chi connectivity index (χ0n) is 10.1. The van der Waals surface area contributed by atoms with E-state index in [4.69, 9.17) is 9.47 Å². The van der Waals surface area contributed by atoms with E-state index in [-0.39, 0.29) is 0 Å². The Kier molecular flexibility index (Phi) is 3.66. The van der Waals surface area contributed by atoms with Crippen LogP contribution in [0.1, 0.15) is 11.1 Å². The molecule has 2 rings (SSSR count). The summed E-state index contributed by atoms with van der Waals surface area (Å²) in [4.78, 5) is 0. The number of hydrogen-bond acceptors (Lipinski definition) is 2. The summed E-state index contributed by atoms with van der Waals surface area (Å²) in [7, 11) is 3.30. The normalized spacial score (nSPS) is 10.0. The third kappa shape index (κ3) is 2.78. The second-order valence-electron chi connectivity index (χ2n) is 3.75. The number of ether oxygens (including phenoxy) is 2. The summed E-state index contributed by atoms with van der Waals surface area (Å²) in [5.41, 5.74) is 2.28. The molecule has 0 unspecified atom stereocenters. The van der Waals surface area contributed by atoms with Crippen LogP contribution in [0.2, 0.25) is 0 Å². The molecule has 17 heavy (non-hydrogen) atoms. The lowest BCUT2D eigenvalue weighted by Gasteiger charge is -2.09. The monoisotopic (exact) mass is 227 g/mol. The van der Waals surface area contributed by atoms with Gasteiger partial charge in [0.2, 0.25) is 0 Å². The standard InChI is InChI=1S/C15H15O2/c1-16-14-9-8-13(15(11-14)17-2)10-12-6-4-3-5-7-12/h3-7,9,11H,10H2,1-2H3. The zero-order valence-corrected chi connectivity index (χ0v) is 10.1. The molecule has 0 saturated carbocycles. The third-order valence-electron chi connectivity index (χ3n) is 2.64. The minimum absolute atomic E-state index is 0.763. The fourth-order valence-corrected chi connectivity index (χ4v) is 1.73. The first-order valence-electron chi connectivity index (χ1n) is 5.50. The molecule has 0 bridgehead atoms. The Morgan fingerprint density at radius 3 is 2.47 bits per heavy atom. The first kappa shape index (κ1) is 11.5. The third-order valence-corrected chi connectivity index (χ3v) is 2.64. The number of hydrogen-bond donors (Lipinski definition) is 0. The second-order valence-corrected chi connectivity index (χ2v) is 3.75. The highest BCUT2D eigenvalue weighted by molar-refractivity contribution is 5.42. The van der Waals surface area contributed by atoms with Gasteiger partial charge in [-0.3, -0.25) is 0 Å². The number of methoxy groups -OCH3 is 2. The minimum atomic E-state index is 0.763. The molecule has 0 aliphatic rings. The van der Waals surface area contributed by atoms with Crippen LogP contribution in [0.4, 0.5) is 0 Å². The van der Waals surface area contributed by atoms with Gasteiger partial charge in [-0.1, -0.05) is 30.3 Å². The molecule has 0 amide bonds. The van der Waals surface area contributed by atoms with Crippen LogP contribution in [-0.4, -0.2) is 14.2 Å². The van der Waals surface area contributed by atoms with E-state index >= 15 is 0 Å². The molecule has 2 nitrogen and oxygen atoms in total. The molecule has 0 aliphatic carbocycles. The van der Waals surface area contributed by atoms with Crippen LogP contribution < -0.4 is 9.47 Å². The van der Waals surface area contributed by atoms with Crippen LogP contribution in [0.15, 0.2) is 42.5 Å². The van der Waals surface area contributed by atoms with E-state index in [9.17, 15) is 0 Å². The quantitative estimate of drug-likeness (QED) is 0.799. The van der Waals surface area contributed by atoms with Crippen molar-refractivity contribution in [2.24, 2.45) is 0 Å². The van der Waals surface area contributed by atoms with Crippen molar-refractivity contribution in [3.8, 4) is 11.5 Å². The molecule has 1 radical (unpaired) electrons. The van der Waals surface area contributed by atoms with Crippen molar-refractivity contribution in [1.82, 2.24) is 0 Å². The molecule has 0 N–H and O–H groups in total. The molecule has 0 fully saturated rings. The van der Waals surface area contributed by atoms with Gasteiger partial charge in [-0.15, -0.1) is 0 Å². The fraction of sp³-hybridized carbons (Fsp3) is 0.200. The van der Waals surface area contributed by atoms with Gasteiger partial charge in [-0.2, -0.15) is 0 Å². The van der Waals surface area contributed by atoms with Crippen LogP contribution in [0.25, 0.3) is 0 Å². The molecular formula is C15H15O2. The second kappa shape index (κ2) is 5.39. The molecule has 0 aliphatic heterocycles. The first-order valence-corrected chi connectivity index (χ1v) is 5.50. The van der Waals surface area contributed by atoms with Gasteiger partial charge < -0.3 is 9.47 Å². The molecule has 0 heterocycles. The predicted octanol–water partition coefficient (Wildman–Crippen LogP) is 3.09. The first-order chi connectivity index (χ1) is 8.33. The fourth-order valence-electron chi connectivity index (χ4n) is 1.73. The maximum Gasteiger partial charge on any atom is 0.126 e. The van der Waals surface area contributed by atoms with Gasteiger partial charge in [0.15, 0.2) is 0 Å². The van der Waals surface area contributed by atoms with Crippen molar-refractivity contribution in [2.75, 3.05) is 14.2 Å². The van der Waals surface area contributed by atoms with E-state index in [1.807, 2.05) is 30.3 Å². The van der Waals surface area contributed by atoms with Gasteiger partial charge in [0.25, 0.3) is 0 Å². The Hall–Kier alpha value is -1.96. The van der Waals surface area contributed by atoms with Crippen molar-refractivity contribution < 1.29 is 9.47 Å². The SMILES string of the molecule is COc1c[c]c(Cc2ccccc2)c(OC)c1. The zero-order chi connectivity index (χ0) is 12.1. The lowest BCUT2D eigenvalue weighted by atomic mass is 10.0. The van der Waals surface area contributed by atoms with Crippen LogP contribution in [-0.2, 0) is 6.42 Å². The largest absolute Gasteiger partial charge is 0.497 e. The van der Waals surface area contributed by atoms with Crippen molar-refractivity contribution in [2.45, 2.75) is 6.42 Å².